The van der Waals surface area contributed by atoms with Crippen LogP contribution in [-0.2, 0) is 0 Å². The monoisotopic (exact) mass is 295 g/mol. The van der Waals surface area contributed by atoms with Gasteiger partial charge in [0, 0.05) is 10.5 Å². The molecule has 17 heavy (non-hydrogen) atoms. The van der Waals surface area contributed by atoms with Crippen molar-refractivity contribution in [3.8, 4) is 0 Å². The number of hydrogen-bond donors (Lipinski definition) is 1. The lowest BCUT2D eigenvalue weighted by atomic mass is 9.87. The van der Waals surface area contributed by atoms with E-state index in [4.69, 9.17) is 0 Å². The van der Waals surface area contributed by atoms with Gasteiger partial charge in [-0.25, -0.2) is 0 Å². The number of carbonyl (C=O) groups is 1. The molecule has 0 aromatic heterocycles. The summed E-state index contributed by atoms with van der Waals surface area (Å²) in [7, 11) is 0. The molecule has 2 unspecified atom stereocenters. The molecule has 1 saturated carbocycles. The third kappa shape index (κ3) is 3.32. The molecule has 92 valence electrons. The van der Waals surface area contributed by atoms with Gasteiger partial charge in [-0.3, -0.25) is 4.79 Å². The van der Waals surface area contributed by atoms with Crippen LogP contribution in [-0.4, -0.2) is 11.9 Å². The van der Waals surface area contributed by atoms with Gasteiger partial charge in [0.15, 0.2) is 0 Å². The Labute approximate surface area is 111 Å². The van der Waals surface area contributed by atoms with E-state index in [9.17, 15) is 4.79 Å². The van der Waals surface area contributed by atoms with E-state index in [1.165, 1.54) is 12.8 Å². The van der Waals surface area contributed by atoms with Gasteiger partial charge in [-0.2, -0.15) is 0 Å². The maximum Gasteiger partial charge on any atom is 0.252 e. The lowest BCUT2D eigenvalue weighted by Gasteiger charge is -2.27. The number of nitrogens with one attached hydrogen (secondary N) is 1. The van der Waals surface area contributed by atoms with Crippen molar-refractivity contribution in [1.82, 2.24) is 5.32 Å². The fourth-order valence-electron chi connectivity index (χ4n) is 2.47. The Balaban J connectivity index is 1.99. The second-order valence-corrected chi connectivity index (χ2v) is 5.78. The van der Waals surface area contributed by atoms with Crippen molar-refractivity contribution >= 4 is 21.8 Å². The summed E-state index contributed by atoms with van der Waals surface area (Å²) in [6.45, 7) is 2.26. The molecule has 0 spiro atoms. The van der Waals surface area contributed by atoms with Gasteiger partial charge in [0.1, 0.15) is 0 Å². The zero-order valence-corrected chi connectivity index (χ0v) is 11.7. The molecular weight excluding hydrogens is 278 g/mol. The zero-order chi connectivity index (χ0) is 12.3. The molecule has 0 bridgehead atoms. The normalized spacial score (nSPS) is 24.4. The van der Waals surface area contributed by atoms with Crippen LogP contribution in [0.15, 0.2) is 28.7 Å². The molecule has 0 saturated heterocycles. The number of rotatable bonds is 2. The lowest BCUT2D eigenvalue weighted by molar-refractivity contribution is 0.0920. The average molecular weight is 296 g/mol. The number of amides is 1. The molecule has 0 heterocycles. The molecule has 1 aromatic rings. The fraction of sp³-hybridized carbons (Fsp3) is 0.500. The highest BCUT2D eigenvalue weighted by Crippen LogP contribution is 2.24. The molecule has 2 rings (SSSR count). The highest BCUT2D eigenvalue weighted by Gasteiger charge is 2.21. The Morgan fingerprint density at radius 3 is 2.82 bits per heavy atom. The van der Waals surface area contributed by atoms with Gasteiger partial charge in [-0.1, -0.05) is 31.9 Å². The second-order valence-electron chi connectivity index (χ2n) is 4.92. The van der Waals surface area contributed by atoms with Crippen molar-refractivity contribution in [3.05, 3.63) is 34.3 Å². The van der Waals surface area contributed by atoms with E-state index in [1.807, 2.05) is 24.3 Å². The van der Waals surface area contributed by atoms with Gasteiger partial charge in [0.05, 0.1) is 5.56 Å². The number of carbonyl (C=O) groups excluding carboxylic acids is 1. The van der Waals surface area contributed by atoms with Crippen molar-refractivity contribution in [3.63, 3.8) is 0 Å². The molecule has 1 fully saturated rings. The minimum absolute atomic E-state index is 0.0385. The van der Waals surface area contributed by atoms with E-state index in [0.29, 0.717) is 6.04 Å². The average Bonchev–Trinajstić information content (AvgIpc) is 2.29. The molecule has 1 amide bonds. The van der Waals surface area contributed by atoms with E-state index >= 15 is 0 Å². The molecular formula is C14H18BrNO. The number of benzene rings is 1. The number of halogens is 1. The second kappa shape index (κ2) is 5.67. The van der Waals surface area contributed by atoms with Gasteiger partial charge in [0.2, 0.25) is 0 Å². The minimum atomic E-state index is 0.0385. The highest BCUT2D eigenvalue weighted by atomic mass is 79.9. The molecule has 1 aromatic carbocycles. The topological polar surface area (TPSA) is 29.1 Å². The van der Waals surface area contributed by atoms with E-state index in [2.05, 4.69) is 28.2 Å². The van der Waals surface area contributed by atoms with Crippen molar-refractivity contribution in [2.24, 2.45) is 5.92 Å². The quantitative estimate of drug-likeness (QED) is 0.884. The Bertz CT molecular complexity index is 405. The Hall–Kier alpha value is -0.830. The Kier molecular flexibility index (Phi) is 4.21. The van der Waals surface area contributed by atoms with Crippen LogP contribution in [0, 0.1) is 5.92 Å². The summed E-state index contributed by atoms with van der Waals surface area (Å²) < 4.78 is 0.862. The van der Waals surface area contributed by atoms with E-state index in [-0.39, 0.29) is 5.91 Å². The van der Waals surface area contributed by atoms with Crippen molar-refractivity contribution in [1.29, 1.82) is 0 Å². The van der Waals surface area contributed by atoms with E-state index < -0.39 is 0 Å². The SMILES string of the molecule is CC1CCCC(NC(=O)c2ccccc2Br)C1. The van der Waals surface area contributed by atoms with E-state index in [0.717, 1.165) is 28.8 Å². The molecule has 1 aliphatic carbocycles. The maximum atomic E-state index is 12.1. The summed E-state index contributed by atoms with van der Waals surface area (Å²) in [6, 6.07) is 7.91. The molecule has 2 atom stereocenters. The van der Waals surface area contributed by atoms with Gasteiger partial charge >= 0.3 is 0 Å². The molecule has 1 N–H and O–H groups in total. The van der Waals surface area contributed by atoms with Crippen LogP contribution in [0.3, 0.4) is 0 Å². The smallest absolute Gasteiger partial charge is 0.252 e. The summed E-state index contributed by atoms with van der Waals surface area (Å²) in [5.74, 6) is 0.768. The first-order valence-electron chi connectivity index (χ1n) is 6.22. The maximum absolute atomic E-state index is 12.1. The largest absolute Gasteiger partial charge is 0.349 e. The van der Waals surface area contributed by atoms with Crippen molar-refractivity contribution < 1.29 is 4.79 Å². The predicted octanol–water partition coefficient (Wildman–Crippen LogP) is 3.76. The van der Waals surface area contributed by atoms with Crippen LogP contribution in [0.2, 0.25) is 0 Å². The third-order valence-corrected chi connectivity index (χ3v) is 4.08. The minimum Gasteiger partial charge on any atom is -0.349 e. The number of hydrogen-bond acceptors (Lipinski definition) is 1. The lowest BCUT2D eigenvalue weighted by Crippen LogP contribution is -2.38. The summed E-state index contributed by atoms with van der Waals surface area (Å²) in [4.78, 5) is 12.1. The highest BCUT2D eigenvalue weighted by molar-refractivity contribution is 9.10. The van der Waals surface area contributed by atoms with Crippen LogP contribution >= 0.6 is 15.9 Å². The van der Waals surface area contributed by atoms with Gasteiger partial charge in [-0.05, 0) is 46.8 Å². The van der Waals surface area contributed by atoms with Gasteiger partial charge < -0.3 is 5.32 Å². The summed E-state index contributed by atoms with van der Waals surface area (Å²) in [5.41, 5.74) is 0.728. The first-order chi connectivity index (χ1) is 8.16. The van der Waals surface area contributed by atoms with Crippen LogP contribution in [0.4, 0.5) is 0 Å². The molecule has 0 aliphatic heterocycles. The standard InChI is InChI=1S/C14H18BrNO/c1-10-5-4-6-11(9-10)16-14(17)12-7-2-3-8-13(12)15/h2-3,7-8,10-11H,4-6,9H2,1H3,(H,16,17). The van der Waals surface area contributed by atoms with Crippen molar-refractivity contribution in [2.45, 2.75) is 38.6 Å². The first kappa shape index (κ1) is 12.6. The third-order valence-electron chi connectivity index (χ3n) is 3.39. The fourth-order valence-corrected chi connectivity index (χ4v) is 2.94. The molecule has 0 radical (unpaired) electrons. The van der Waals surface area contributed by atoms with Gasteiger partial charge in [0.25, 0.3) is 5.91 Å². The summed E-state index contributed by atoms with van der Waals surface area (Å²) in [5, 5.41) is 3.14. The Morgan fingerprint density at radius 2 is 2.12 bits per heavy atom. The Morgan fingerprint density at radius 1 is 1.35 bits per heavy atom. The first-order valence-corrected chi connectivity index (χ1v) is 7.01. The zero-order valence-electron chi connectivity index (χ0n) is 10.1. The van der Waals surface area contributed by atoms with Crippen molar-refractivity contribution in [2.75, 3.05) is 0 Å². The summed E-state index contributed by atoms with van der Waals surface area (Å²) in [6.07, 6.45) is 4.74. The molecule has 3 heteroatoms. The molecule has 2 nitrogen and oxygen atoms in total. The van der Waals surface area contributed by atoms with E-state index in [1.54, 1.807) is 0 Å². The van der Waals surface area contributed by atoms with Crippen LogP contribution in [0.5, 0.6) is 0 Å². The van der Waals surface area contributed by atoms with Crippen LogP contribution in [0.25, 0.3) is 0 Å². The van der Waals surface area contributed by atoms with Crippen LogP contribution in [0.1, 0.15) is 43.0 Å². The van der Waals surface area contributed by atoms with Gasteiger partial charge in [-0.15, -0.1) is 0 Å². The van der Waals surface area contributed by atoms with Crippen LogP contribution < -0.4 is 5.32 Å². The molecule has 1 aliphatic rings. The predicted molar refractivity (Wildman–Crippen MR) is 73.0 cm³/mol. The summed E-state index contributed by atoms with van der Waals surface area (Å²) >= 11 is 3.41.